The normalized spacial score (nSPS) is 17.9. The molecule has 1 N–H and O–H groups in total. The second-order valence-electron chi connectivity index (χ2n) is 8.25. The van der Waals surface area contributed by atoms with Gasteiger partial charge in [-0.2, -0.15) is 0 Å². The van der Waals surface area contributed by atoms with Crippen LogP contribution < -0.4 is 5.32 Å². The zero-order chi connectivity index (χ0) is 22.9. The highest BCUT2D eigenvalue weighted by Crippen LogP contribution is 2.42. The third kappa shape index (κ3) is 4.12. The third-order valence-corrected chi connectivity index (χ3v) is 6.74. The van der Waals surface area contributed by atoms with E-state index in [4.69, 9.17) is 23.8 Å². The Labute approximate surface area is 204 Å². The molecule has 0 aliphatic carbocycles. The number of hydrogen-bond acceptors (Lipinski definition) is 3. The molecular weight excluding hydrogens is 450 g/mol. The number of nitrogens with zero attached hydrogens (tertiary/aromatic N) is 4. The maximum Gasteiger partial charge on any atom is 0.170 e. The maximum absolute atomic E-state index is 6.31. The fraction of sp³-hybridized carbons (Fsp3) is 0.192. The van der Waals surface area contributed by atoms with Crippen molar-refractivity contribution in [1.29, 1.82) is 0 Å². The van der Waals surface area contributed by atoms with Crippen molar-refractivity contribution in [2.45, 2.75) is 32.5 Å². The van der Waals surface area contributed by atoms with Gasteiger partial charge in [0.05, 0.1) is 17.8 Å². The first-order valence-corrected chi connectivity index (χ1v) is 11.6. The van der Waals surface area contributed by atoms with E-state index in [9.17, 15) is 0 Å². The van der Waals surface area contributed by atoms with Gasteiger partial charge in [-0.05, 0) is 85.7 Å². The molecule has 5 nitrogen and oxygen atoms in total. The highest BCUT2D eigenvalue weighted by atomic mass is 35.5. The second-order valence-corrected chi connectivity index (χ2v) is 9.07. The number of aromatic nitrogens is 3. The molecule has 1 saturated heterocycles. The topological polar surface area (TPSA) is 46.0 Å². The van der Waals surface area contributed by atoms with Gasteiger partial charge in [-0.1, -0.05) is 23.7 Å². The molecular formula is C26H24ClN5S. The smallest absolute Gasteiger partial charge is 0.170 e. The van der Waals surface area contributed by atoms with E-state index in [0.717, 1.165) is 38.5 Å². The van der Waals surface area contributed by atoms with Crippen LogP contribution in [0.5, 0.6) is 0 Å². The molecule has 0 amide bonds. The largest absolute Gasteiger partial charge is 0.352 e. The predicted octanol–water partition coefficient (Wildman–Crippen LogP) is 5.71. The van der Waals surface area contributed by atoms with Gasteiger partial charge in [0, 0.05) is 47.2 Å². The lowest BCUT2D eigenvalue weighted by atomic mass is 9.96. The van der Waals surface area contributed by atoms with E-state index in [-0.39, 0.29) is 12.1 Å². The molecule has 33 heavy (non-hydrogen) atoms. The number of rotatable bonds is 5. The van der Waals surface area contributed by atoms with Crippen LogP contribution in [0.25, 0.3) is 5.69 Å². The van der Waals surface area contributed by atoms with Crippen LogP contribution in [0.2, 0.25) is 5.02 Å². The fourth-order valence-electron chi connectivity index (χ4n) is 4.70. The first-order valence-electron chi connectivity index (χ1n) is 10.8. The Morgan fingerprint density at radius 2 is 1.82 bits per heavy atom. The van der Waals surface area contributed by atoms with Crippen LogP contribution in [0.15, 0.2) is 79.3 Å². The number of aryl methyl sites for hydroxylation is 1. The second kappa shape index (κ2) is 8.96. The highest BCUT2D eigenvalue weighted by Gasteiger charge is 2.41. The van der Waals surface area contributed by atoms with Gasteiger partial charge in [-0.3, -0.25) is 9.97 Å². The van der Waals surface area contributed by atoms with Crippen LogP contribution >= 0.6 is 23.8 Å². The van der Waals surface area contributed by atoms with Crippen LogP contribution in [-0.4, -0.2) is 24.5 Å². The summed E-state index contributed by atoms with van der Waals surface area (Å²) in [6, 6.07) is 20.2. The molecule has 1 fully saturated rings. The lowest BCUT2D eigenvalue weighted by Gasteiger charge is -2.28. The van der Waals surface area contributed by atoms with Crippen LogP contribution in [0, 0.1) is 13.8 Å². The van der Waals surface area contributed by atoms with Crippen LogP contribution in [0.4, 0.5) is 0 Å². The highest BCUT2D eigenvalue weighted by molar-refractivity contribution is 7.80. The Morgan fingerprint density at radius 3 is 2.55 bits per heavy atom. The Hall–Kier alpha value is -3.22. The van der Waals surface area contributed by atoms with E-state index in [1.807, 2.05) is 61.1 Å². The van der Waals surface area contributed by atoms with Crippen molar-refractivity contribution in [3.05, 3.63) is 112 Å². The Morgan fingerprint density at radius 1 is 1.00 bits per heavy atom. The number of halogens is 1. The molecule has 7 heteroatoms. The average molecular weight is 474 g/mol. The monoisotopic (exact) mass is 473 g/mol. The molecule has 0 spiro atoms. The van der Waals surface area contributed by atoms with E-state index < -0.39 is 0 Å². The Balaban J connectivity index is 1.62. The molecule has 0 saturated carbocycles. The SMILES string of the molecule is Cc1cc([C@H]2[C@@H](c3ccccn3)NC(=S)N2Cc2ccncc2)c(C)n1-c1cccc(Cl)c1. The number of nitrogens with one attached hydrogen (secondary N) is 1. The minimum Gasteiger partial charge on any atom is -0.352 e. The van der Waals surface area contributed by atoms with Gasteiger partial charge in [0.1, 0.15) is 0 Å². The summed E-state index contributed by atoms with van der Waals surface area (Å²) in [4.78, 5) is 11.1. The molecule has 1 aliphatic rings. The molecule has 0 unspecified atom stereocenters. The van der Waals surface area contributed by atoms with E-state index in [2.05, 4.69) is 56.8 Å². The van der Waals surface area contributed by atoms with Crippen molar-refractivity contribution < 1.29 is 0 Å². The van der Waals surface area contributed by atoms with E-state index in [1.165, 1.54) is 5.56 Å². The molecule has 0 bridgehead atoms. The van der Waals surface area contributed by atoms with Crippen molar-refractivity contribution >= 4 is 28.9 Å². The van der Waals surface area contributed by atoms with Crippen molar-refractivity contribution in [3.63, 3.8) is 0 Å². The summed E-state index contributed by atoms with van der Waals surface area (Å²) in [7, 11) is 0. The van der Waals surface area contributed by atoms with Gasteiger partial charge in [-0.15, -0.1) is 0 Å². The number of thiocarbonyl (C=S) groups is 1. The summed E-state index contributed by atoms with van der Waals surface area (Å²) in [5.41, 5.74) is 6.69. The van der Waals surface area contributed by atoms with E-state index in [0.29, 0.717) is 6.54 Å². The Bertz CT molecular complexity index is 1290. The quantitative estimate of drug-likeness (QED) is 0.376. The maximum atomic E-state index is 6.31. The molecule has 4 heterocycles. The molecule has 1 aliphatic heterocycles. The van der Waals surface area contributed by atoms with Crippen molar-refractivity contribution in [3.8, 4) is 5.69 Å². The summed E-state index contributed by atoms with van der Waals surface area (Å²) < 4.78 is 2.25. The number of benzene rings is 1. The van der Waals surface area contributed by atoms with Gasteiger partial charge >= 0.3 is 0 Å². The van der Waals surface area contributed by atoms with Gasteiger partial charge in [0.2, 0.25) is 0 Å². The molecule has 166 valence electrons. The fourth-order valence-corrected chi connectivity index (χ4v) is 5.19. The molecule has 3 aromatic heterocycles. The summed E-state index contributed by atoms with van der Waals surface area (Å²) in [6.07, 6.45) is 5.47. The average Bonchev–Trinajstić information content (AvgIpc) is 3.30. The van der Waals surface area contributed by atoms with Crippen LogP contribution in [0.3, 0.4) is 0 Å². The van der Waals surface area contributed by atoms with Crippen LogP contribution in [0.1, 0.15) is 40.3 Å². The van der Waals surface area contributed by atoms with Crippen molar-refractivity contribution in [1.82, 2.24) is 24.8 Å². The van der Waals surface area contributed by atoms with Gasteiger partial charge in [0.15, 0.2) is 5.11 Å². The van der Waals surface area contributed by atoms with E-state index in [1.54, 1.807) is 0 Å². The van der Waals surface area contributed by atoms with Gasteiger partial charge < -0.3 is 14.8 Å². The first-order chi connectivity index (χ1) is 16.0. The molecule has 5 rings (SSSR count). The standard InChI is InChI=1S/C26H24ClN5S/c1-17-14-22(18(2)32(17)21-7-5-6-20(27)15-21)25-24(23-8-3-4-11-29-23)30-26(33)31(25)16-19-9-12-28-13-10-19/h3-15,24-25H,16H2,1-2H3,(H,30,33)/t24-,25+/m1/s1. The van der Waals surface area contributed by atoms with Gasteiger partial charge in [0.25, 0.3) is 0 Å². The Kier molecular flexibility index (Phi) is 5.87. The number of hydrogen-bond donors (Lipinski definition) is 1. The molecule has 4 aromatic rings. The van der Waals surface area contributed by atoms with Crippen LogP contribution in [-0.2, 0) is 6.54 Å². The van der Waals surface area contributed by atoms with Crippen molar-refractivity contribution in [2.75, 3.05) is 0 Å². The first kappa shape index (κ1) is 21.6. The third-order valence-electron chi connectivity index (χ3n) is 6.16. The number of pyridine rings is 2. The minimum atomic E-state index is -0.0613. The lowest BCUT2D eigenvalue weighted by molar-refractivity contribution is 0.310. The minimum absolute atomic E-state index is 0.0142. The van der Waals surface area contributed by atoms with E-state index >= 15 is 0 Å². The van der Waals surface area contributed by atoms with Crippen molar-refractivity contribution in [2.24, 2.45) is 0 Å². The summed E-state index contributed by atoms with van der Waals surface area (Å²) >= 11 is 12.1. The zero-order valence-electron chi connectivity index (χ0n) is 18.4. The molecule has 0 radical (unpaired) electrons. The summed E-state index contributed by atoms with van der Waals surface area (Å²) in [5.74, 6) is 0. The molecule has 1 aromatic carbocycles. The lowest BCUT2D eigenvalue weighted by Crippen LogP contribution is -2.29. The molecule has 2 atom stereocenters. The summed E-state index contributed by atoms with van der Waals surface area (Å²) in [5, 5.41) is 4.98. The predicted molar refractivity (Wildman–Crippen MR) is 135 cm³/mol. The summed E-state index contributed by atoms with van der Waals surface area (Å²) in [6.45, 7) is 4.97. The zero-order valence-corrected chi connectivity index (χ0v) is 20.0. The van der Waals surface area contributed by atoms with Gasteiger partial charge in [-0.25, -0.2) is 0 Å².